The summed E-state index contributed by atoms with van der Waals surface area (Å²) < 4.78 is 0. The molecule has 0 aliphatic carbocycles. The summed E-state index contributed by atoms with van der Waals surface area (Å²) in [5.74, 6) is -0.987. The Morgan fingerprint density at radius 3 is 2.73 bits per heavy atom. The summed E-state index contributed by atoms with van der Waals surface area (Å²) in [6, 6.07) is -0.825. The lowest BCUT2D eigenvalue weighted by molar-refractivity contribution is -0.138. The van der Waals surface area contributed by atoms with Crippen LogP contribution in [0.25, 0.3) is 0 Å². The second kappa shape index (κ2) is 4.87. The molecule has 4 nitrogen and oxygen atoms in total. The van der Waals surface area contributed by atoms with Gasteiger partial charge in [-0.15, -0.1) is 0 Å². The molecule has 1 atom stereocenters. The Kier molecular flexibility index (Phi) is 4.49. The normalized spacial score (nSPS) is 12.5. The fourth-order valence-electron chi connectivity index (χ4n) is 0.528. The molecule has 0 aliphatic heterocycles. The molecule has 0 saturated heterocycles. The van der Waals surface area contributed by atoms with Crippen LogP contribution in [0.3, 0.4) is 0 Å². The van der Waals surface area contributed by atoms with E-state index in [9.17, 15) is 4.79 Å². The van der Waals surface area contributed by atoms with Gasteiger partial charge in [0, 0.05) is 13.1 Å². The highest BCUT2D eigenvalue weighted by Crippen LogP contribution is 1.82. The summed E-state index contributed by atoms with van der Waals surface area (Å²) >= 11 is 0. The molecule has 11 heavy (non-hydrogen) atoms. The van der Waals surface area contributed by atoms with Crippen LogP contribution in [0.4, 0.5) is 0 Å². The third-order valence-electron chi connectivity index (χ3n) is 1.11. The first-order valence-corrected chi connectivity index (χ1v) is 3.37. The molecule has 4 N–H and O–H groups in total. The molecule has 0 aromatic heterocycles. The quantitative estimate of drug-likeness (QED) is 0.474. The Bertz CT molecular complexity index is 157. The van der Waals surface area contributed by atoms with Crippen molar-refractivity contribution >= 4 is 5.97 Å². The van der Waals surface area contributed by atoms with Crippen molar-refractivity contribution in [1.29, 1.82) is 0 Å². The van der Waals surface area contributed by atoms with Crippen LogP contribution < -0.4 is 11.1 Å². The zero-order chi connectivity index (χ0) is 8.85. The second-order valence-corrected chi connectivity index (χ2v) is 2.53. The van der Waals surface area contributed by atoms with Crippen LogP contribution in [-0.2, 0) is 4.79 Å². The number of rotatable bonds is 5. The zero-order valence-corrected chi connectivity index (χ0v) is 6.63. The zero-order valence-electron chi connectivity index (χ0n) is 6.63. The molecular formula is C7H14N2O2. The Labute approximate surface area is 66.1 Å². The van der Waals surface area contributed by atoms with Gasteiger partial charge in [-0.05, 0) is 6.92 Å². The van der Waals surface area contributed by atoms with Crippen molar-refractivity contribution in [3.05, 3.63) is 12.2 Å². The second-order valence-electron chi connectivity index (χ2n) is 2.53. The lowest BCUT2D eigenvalue weighted by Gasteiger charge is -2.07. The fourth-order valence-corrected chi connectivity index (χ4v) is 0.528. The van der Waals surface area contributed by atoms with Crippen LogP contribution in [0.5, 0.6) is 0 Å². The summed E-state index contributed by atoms with van der Waals surface area (Å²) in [4.78, 5) is 10.2. The number of nitrogens with one attached hydrogen (secondary N) is 1. The summed E-state index contributed by atoms with van der Waals surface area (Å²) in [6.07, 6.45) is 0. The molecule has 0 saturated carbocycles. The number of carbonyl (C=O) groups is 1. The van der Waals surface area contributed by atoms with E-state index < -0.39 is 12.0 Å². The Morgan fingerprint density at radius 1 is 1.82 bits per heavy atom. The minimum absolute atomic E-state index is 0.280. The Morgan fingerprint density at radius 2 is 2.36 bits per heavy atom. The van der Waals surface area contributed by atoms with E-state index in [0.717, 1.165) is 5.57 Å². The highest BCUT2D eigenvalue weighted by atomic mass is 16.4. The average molecular weight is 158 g/mol. The van der Waals surface area contributed by atoms with Crippen LogP contribution in [0, 0.1) is 0 Å². The molecule has 0 spiro atoms. The molecule has 0 aromatic rings. The van der Waals surface area contributed by atoms with Crippen LogP contribution >= 0.6 is 0 Å². The van der Waals surface area contributed by atoms with Crippen LogP contribution in [0.15, 0.2) is 12.2 Å². The molecule has 0 radical (unpaired) electrons. The molecule has 0 rings (SSSR count). The Hall–Kier alpha value is -0.870. The van der Waals surface area contributed by atoms with Gasteiger partial charge in [-0.3, -0.25) is 4.79 Å². The summed E-state index contributed by atoms with van der Waals surface area (Å²) in [7, 11) is 0. The predicted molar refractivity (Wildman–Crippen MR) is 43.3 cm³/mol. The van der Waals surface area contributed by atoms with E-state index in [4.69, 9.17) is 10.8 Å². The maximum atomic E-state index is 10.2. The van der Waals surface area contributed by atoms with Gasteiger partial charge >= 0.3 is 5.97 Å². The summed E-state index contributed by atoms with van der Waals surface area (Å²) in [6.45, 7) is 6.40. The number of nitrogens with two attached hydrogens (primary N) is 1. The van der Waals surface area contributed by atoms with E-state index in [1.165, 1.54) is 0 Å². The van der Waals surface area contributed by atoms with Gasteiger partial charge in [-0.1, -0.05) is 12.2 Å². The number of carboxylic acid groups (broad SMARTS) is 1. The lowest BCUT2D eigenvalue weighted by atomic mass is 10.3. The third kappa shape index (κ3) is 5.57. The van der Waals surface area contributed by atoms with Crippen molar-refractivity contribution in [3.8, 4) is 0 Å². The highest BCUT2D eigenvalue weighted by molar-refractivity contribution is 5.73. The van der Waals surface area contributed by atoms with Crippen molar-refractivity contribution in [2.75, 3.05) is 13.1 Å². The van der Waals surface area contributed by atoms with Crippen molar-refractivity contribution < 1.29 is 9.90 Å². The fraction of sp³-hybridized carbons (Fsp3) is 0.571. The van der Waals surface area contributed by atoms with E-state index in [1.54, 1.807) is 0 Å². The molecule has 0 bridgehead atoms. The smallest absolute Gasteiger partial charge is 0.321 e. The van der Waals surface area contributed by atoms with Gasteiger partial charge in [0.25, 0.3) is 0 Å². The topological polar surface area (TPSA) is 75.3 Å². The summed E-state index contributed by atoms with van der Waals surface area (Å²) in [5, 5.41) is 11.2. The predicted octanol–water partition coefficient (Wildman–Crippen LogP) is -0.436. The maximum Gasteiger partial charge on any atom is 0.321 e. The average Bonchev–Trinajstić information content (AvgIpc) is 1.86. The van der Waals surface area contributed by atoms with Crippen LogP contribution in [-0.4, -0.2) is 30.2 Å². The lowest BCUT2D eigenvalue weighted by Crippen LogP contribution is -2.40. The van der Waals surface area contributed by atoms with Crippen molar-refractivity contribution in [2.45, 2.75) is 13.0 Å². The minimum atomic E-state index is -0.987. The van der Waals surface area contributed by atoms with Crippen LogP contribution in [0.2, 0.25) is 0 Å². The van der Waals surface area contributed by atoms with E-state index in [0.29, 0.717) is 6.54 Å². The van der Waals surface area contributed by atoms with Gasteiger partial charge in [0.2, 0.25) is 0 Å². The van der Waals surface area contributed by atoms with Crippen molar-refractivity contribution in [3.63, 3.8) is 0 Å². The standard InChI is InChI=1S/C7H14N2O2/c1-5(2)3-9-4-6(8)7(10)11/h6,9H,1,3-4,8H2,2H3,(H,10,11). The number of aliphatic carboxylic acids is 1. The maximum absolute atomic E-state index is 10.2. The highest BCUT2D eigenvalue weighted by Gasteiger charge is 2.09. The SMILES string of the molecule is C=C(C)CNCC(N)C(=O)O. The molecule has 0 aliphatic rings. The summed E-state index contributed by atoms with van der Waals surface area (Å²) in [5.41, 5.74) is 6.17. The largest absolute Gasteiger partial charge is 0.480 e. The molecule has 0 amide bonds. The molecular weight excluding hydrogens is 144 g/mol. The van der Waals surface area contributed by atoms with Gasteiger partial charge in [-0.25, -0.2) is 0 Å². The monoisotopic (exact) mass is 158 g/mol. The van der Waals surface area contributed by atoms with Crippen molar-refractivity contribution in [1.82, 2.24) is 5.32 Å². The van der Waals surface area contributed by atoms with Crippen LogP contribution in [0.1, 0.15) is 6.92 Å². The van der Waals surface area contributed by atoms with E-state index in [-0.39, 0.29) is 6.54 Å². The molecule has 0 aromatic carbocycles. The van der Waals surface area contributed by atoms with Crippen molar-refractivity contribution in [2.24, 2.45) is 5.73 Å². The van der Waals surface area contributed by atoms with Gasteiger partial charge < -0.3 is 16.2 Å². The van der Waals surface area contributed by atoms with E-state index >= 15 is 0 Å². The molecule has 64 valence electrons. The van der Waals surface area contributed by atoms with Gasteiger partial charge in [0.05, 0.1) is 0 Å². The number of hydrogen-bond donors (Lipinski definition) is 3. The molecule has 1 unspecified atom stereocenters. The number of hydrogen-bond acceptors (Lipinski definition) is 3. The first-order chi connectivity index (χ1) is 5.04. The third-order valence-corrected chi connectivity index (χ3v) is 1.11. The molecule has 0 fully saturated rings. The molecule has 0 heterocycles. The van der Waals surface area contributed by atoms with Gasteiger partial charge in [0.1, 0.15) is 6.04 Å². The number of carboxylic acids is 1. The Balaban J connectivity index is 3.39. The first kappa shape index (κ1) is 10.1. The van der Waals surface area contributed by atoms with E-state index in [2.05, 4.69) is 11.9 Å². The van der Waals surface area contributed by atoms with Gasteiger partial charge in [0.15, 0.2) is 0 Å². The van der Waals surface area contributed by atoms with E-state index in [1.807, 2.05) is 6.92 Å². The van der Waals surface area contributed by atoms with Gasteiger partial charge in [-0.2, -0.15) is 0 Å². The molecule has 4 heteroatoms. The minimum Gasteiger partial charge on any atom is -0.480 e. The first-order valence-electron chi connectivity index (χ1n) is 3.37.